The predicted molar refractivity (Wildman–Crippen MR) is 118 cm³/mol. The van der Waals surface area contributed by atoms with Crippen LogP contribution in [0.1, 0.15) is 46.8 Å². The quantitative estimate of drug-likeness (QED) is 0.634. The van der Waals surface area contributed by atoms with Gasteiger partial charge in [0.1, 0.15) is 11.6 Å². The third-order valence-electron chi connectivity index (χ3n) is 6.05. The molecule has 6 heteroatoms. The van der Waals surface area contributed by atoms with Crippen molar-refractivity contribution in [3.8, 4) is 11.4 Å². The van der Waals surface area contributed by atoms with Crippen LogP contribution in [0.15, 0.2) is 65.9 Å². The smallest absolute Gasteiger partial charge is 0.175 e. The molecule has 2 aromatic carbocycles. The van der Waals surface area contributed by atoms with E-state index in [0.29, 0.717) is 23.3 Å². The number of anilines is 1. The first-order valence-electron chi connectivity index (χ1n) is 10.4. The van der Waals surface area contributed by atoms with Crippen molar-refractivity contribution in [2.24, 2.45) is 0 Å². The third-order valence-corrected chi connectivity index (χ3v) is 6.05. The molecule has 0 saturated heterocycles. The number of ether oxygens (including phenoxy) is 1. The minimum absolute atomic E-state index is 0.0399. The number of rotatable bonds is 4. The second-order valence-corrected chi connectivity index (χ2v) is 7.91. The van der Waals surface area contributed by atoms with Crippen molar-refractivity contribution in [1.29, 1.82) is 0 Å². The normalized spacial score (nSPS) is 17.6. The van der Waals surface area contributed by atoms with E-state index in [1.807, 2.05) is 41.9 Å². The Bertz CT molecular complexity index is 1210. The number of ketones is 2. The van der Waals surface area contributed by atoms with Crippen molar-refractivity contribution >= 4 is 17.4 Å². The zero-order valence-corrected chi connectivity index (χ0v) is 17.5. The molecule has 1 aromatic heterocycles. The van der Waals surface area contributed by atoms with E-state index in [1.165, 1.54) is 0 Å². The molecule has 1 atom stereocenters. The van der Waals surface area contributed by atoms with Gasteiger partial charge in [0.15, 0.2) is 11.6 Å². The molecule has 2 heterocycles. The Labute approximate surface area is 180 Å². The summed E-state index contributed by atoms with van der Waals surface area (Å²) in [6, 6.07) is 16.9. The van der Waals surface area contributed by atoms with Gasteiger partial charge in [-0.15, -0.1) is 0 Å². The van der Waals surface area contributed by atoms with Crippen LogP contribution < -0.4 is 10.1 Å². The summed E-state index contributed by atoms with van der Waals surface area (Å²) in [7, 11) is 1.59. The summed E-state index contributed by atoms with van der Waals surface area (Å²) in [5.74, 6) is 0.736. The predicted octanol–water partition coefficient (Wildman–Crippen LogP) is 4.59. The number of aromatic nitrogens is 2. The molecule has 0 amide bonds. The third kappa shape index (κ3) is 3.15. The van der Waals surface area contributed by atoms with Crippen LogP contribution in [0.5, 0.6) is 5.75 Å². The lowest BCUT2D eigenvalue weighted by Gasteiger charge is -2.32. The molecule has 0 bridgehead atoms. The van der Waals surface area contributed by atoms with E-state index in [1.54, 1.807) is 31.4 Å². The van der Waals surface area contributed by atoms with Crippen molar-refractivity contribution in [3.05, 3.63) is 82.7 Å². The lowest BCUT2D eigenvalue weighted by Crippen LogP contribution is -2.31. The molecular weight excluding hydrogens is 390 g/mol. The number of nitrogens with one attached hydrogen (secondary N) is 1. The van der Waals surface area contributed by atoms with Gasteiger partial charge in [0.2, 0.25) is 0 Å². The van der Waals surface area contributed by atoms with E-state index >= 15 is 0 Å². The molecule has 1 N–H and O–H groups in total. The average Bonchev–Trinajstić information content (AvgIpc) is 3.14. The highest BCUT2D eigenvalue weighted by Gasteiger charge is 2.41. The summed E-state index contributed by atoms with van der Waals surface area (Å²) in [5.41, 5.74) is 4.40. The highest BCUT2D eigenvalue weighted by molar-refractivity contribution is 6.13. The van der Waals surface area contributed by atoms with Gasteiger partial charge in [0.25, 0.3) is 0 Å². The summed E-state index contributed by atoms with van der Waals surface area (Å²) < 4.78 is 7.06. The van der Waals surface area contributed by atoms with E-state index in [-0.39, 0.29) is 11.6 Å². The topological polar surface area (TPSA) is 73.2 Å². The highest BCUT2D eigenvalue weighted by atomic mass is 16.5. The molecule has 5 rings (SSSR count). The second-order valence-electron chi connectivity index (χ2n) is 7.91. The van der Waals surface area contributed by atoms with Crippen molar-refractivity contribution in [3.63, 3.8) is 0 Å². The number of Topliss-reactive ketones (excluding diaryl/α,β-unsaturated/α-hetero) is 2. The molecule has 6 nitrogen and oxygen atoms in total. The standard InChI is InChI=1S/C25H23N3O3/c1-15-21-23(24(30)16-11-13-18(31-2)14-12-16)22-19(9-6-10-20(22)29)26-25(21)28(27-15)17-7-4-3-5-8-17/h3-5,7-8,11-14,23,26H,6,9-10H2,1-2H3. The van der Waals surface area contributed by atoms with Crippen LogP contribution in [0.2, 0.25) is 0 Å². The second kappa shape index (κ2) is 7.54. The lowest BCUT2D eigenvalue weighted by atomic mass is 9.76. The van der Waals surface area contributed by atoms with E-state index in [0.717, 1.165) is 41.3 Å². The average molecular weight is 413 g/mol. The Hall–Kier alpha value is -3.67. The monoisotopic (exact) mass is 413 g/mol. The van der Waals surface area contributed by atoms with Gasteiger partial charge >= 0.3 is 0 Å². The molecule has 2 aliphatic rings. The van der Waals surface area contributed by atoms with Crippen LogP contribution in [-0.2, 0) is 4.79 Å². The van der Waals surface area contributed by atoms with Gasteiger partial charge in [-0.3, -0.25) is 9.59 Å². The Morgan fingerprint density at radius 3 is 2.55 bits per heavy atom. The number of carbonyl (C=O) groups is 2. The number of methoxy groups -OCH3 is 1. The van der Waals surface area contributed by atoms with Gasteiger partial charge in [-0.05, 0) is 56.2 Å². The van der Waals surface area contributed by atoms with Crippen molar-refractivity contribution in [2.45, 2.75) is 32.1 Å². The highest BCUT2D eigenvalue weighted by Crippen LogP contribution is 2.45. The summed E-state index contributed by atoms with van der Waals surface area (Å²) >= 11 is 0. The maximum absolute atomic E-state index is 13.8. The molecule has 0 fully saturated rings. The number of fused-ring (bicyclic) bond motifs is 1. The fourth-order valence-corrected chi connectivity index (χ4v) is 4.56. The zero-order valence-electron chi connectivity index (χ0n) is 17.5. The van der Waals surface area contributed by atoms with Gasteiger partial charge in [0, 0.05) is 28.8 Å². The van der Waals surface area contributed by atoms with Crippen LogP contribution >= 0.6 is 0 Å². The Morgan fingerprint density at radius 2 is 1.84 bits per heavy atom. The van der Waals surface area contributed by atoms with Gasteiger partial charge < -0.3 is 10.1 Å². The van der Waals surface area contributed by atoms with Gasteiger partial charge in [-0.2, -0.15) is 5.10 Å². The molecule has 0 radical (unpaired) electrons. The summed E-state index contributed by atoms with van der Waals surface area (Å²) in [6.45, 7) is 1.90. The van der Waals surface area contributed by atoms with Crippen LogP contribution in [0.3, 0.4) is 0 Å². The maximum Gasteiger partial charge on any atom is 0.175 e. The molecule has 31 heavy (non-hydrogen) atoms. The lowest BCUT2D eigenvalue weighted by molar-refractivity contribution is -0.116. The minimum atomic E-state index is -0.662. The first-order valence-corrected chi connectivity index (χ1v) is 10.4. The molecule has 0 saturated carbocycles. The zero-order chi connectivity index (χ0) is 21.5. The van der Waals surface area contributed by atoms with E-state index in [2.05, 4.69) is 5.32 Å². The van der Waals surface area contributed by atoms with E-state index in [9.17, 15) is 9.59 Å². The minimum Gasteiger partial charge on any atom is -0.497 e. The fourth-order valence-electron chi connectivity index (χ4n) is 4.56. The van der Waals surface area contributed by atoms with Crippen LogP contribution in [-0.4, -0.2) is 28.5 Å². The summed E-state index contributed by atoms with van der Waals surface area (Å²) in [4.78, 5) is 26.7. The van der Waals surface area contributed by atoms with Crippen LogP contribution in [0.25, 0.3) is 5.69 Å². The van der Waals surface area contributed by atoms with Gasteiger partial charge in [0.05, 0.1) is 24.4 Å². The van der Waals surface area contributed by atoms with Crippen molar-refractivity contribution < 1.29 is 14.3 Å². The van der Waals surface area contributed by atoms with E-state index in [4.69, 9.17) is 9.84 Å². The molecule has 1 aliphatic carbocycles. The van der Waals surface area contributed by atoms with Crippen molar-refractivity contribution in [2.75, 3.05) is 12.4 Å². The Kier molecular flexibility index (Phi) is 4.70. The fraction of sp³-hybridized carbons (Fsp3) is 0.240. The SMILES string of the molecule is COc1ccc(C(=O)C2C3=C(CCCC3=O)Nc3c2c(C)nn3-c2ccccc2)cc1. The van der Waals surface area contributed by atoms with Gasteiger partial charge in [-0.25, -0.2) is 4.68 Å². The summed E-state index contributed by atoms with van der Waals surface area (Å²) in [5, 5.41) is 8.20. The Balaban J connectivity index is 1.69. The van der Waals surface area contributed by atoms with E-state index < -0.39 is 5.92 Å². The maximum atomic E-state index is 13.8. The van der Waals surface area contributed by atoms with Gasteiger partial charge in [-0.1, -0.05) is 18.2 Å². The number of hydrogen-bond donors (Lipinski definition) is 1. The van der Waals surface area contributed by atoms with Crippen LogP contribution in [0, 0.1) is 6.92 Å². The Morgan fingerprint density at radius 1 is 1.10 bits per heavy atom. The molecule has 1 unspecified atom stereocenters. The number of carbonyl (C=O) groups excluding carboxylic acids is 2. The molecule has 3 aromatic rings. The molecule has 0 spiro atoms. The largest absolute Gasteiger partial charge is 0.497 e. The molecule has 1 aliphatic heterocycles. The number of nitrogens with zero attached hydrogens (tertiary/aromatic N) is 2. The first-order chi connectivity index (χ1) is 15.1. The summed E-state index contributed by atoms with van der Waals surface area (Å²) in [6.07, 6.45) is 1.99. The first kappa shape index (κ1) is 19.3. The number of benzene rings is 2. The van der Waals surface area contributed by atoms with Crippen molar-refractivity contribution in [1.82, 2.24) is 9.78 Å². The number of allylic oxidation sites excluding steroid dienone is 2. The number of hydrogen-bond acceptors (Lipinski definition) is 5. The number of para-hydroxylation sites is 1. The molecule has 156 valence electrons. The number of aryl methyl sites for hydroxylation is 1. The molecular formula is C25H23N3O3. The van der Waals surface area contributed by atoms with Crippen LogP contribution in [0.4, 0.5) is 5.82 Å².